The summed E-state index contributed by atoms with van der Waals surface area (Å²) in [4.78, 5) is 97.5. The lowest BCUT2D eigenvalue weighted by molar-refractivity contribution is -0.347. The van der Waals surface area contributed by atoms with Crippen LogP contribution < -0.4 is 35.9 Å². The molecule has 2 aromatic heterocycles. The molecule has 1 aliphatic heterocycles. The number of imidazole rings is 1. The largest absolute Gasteiger partial charge is 0.790 e. The number of nitrogen functional groups attached to an aromatic ring is 1. The number of rotatable bonds is 32. The Bertz CT molecular complexity index is 2080. The molecule has 0 bridgehead atoms. The zero-order chi connectivity index (χ0) is 51.0. The molecule has 2 aromatic rings. The van der Waals surface area contributed by atoms with Crippen molar-refractivity contribution in [2.24, 2.45) is 29.1 Å². The highest BCUT2D eigenvalue weighted by molar-refractivity contribution is 8.13. The summed E-state index contributed by atoms with van der Waals surface area (Å²) in [5.41, 5.74) is 4.09. The van der Waals surface area contributed by atoms with E-state index in [0.717, 1.165) is 60.1 Å². The number of thioether (sulfide) groups is 1. The van der Waals surface area contributed by atoms with Crippen molar-refractivity contribution in [3.63, 3.8) is 0 Å². The van der Waals surface area contributed by atoms with Gasteiger partial charge in [-0.05, 0) is 24.2 Å². The molecule has 3 heterocycles. The highest BCUT2D eigenvalue weighted by atomic mass is 32.2. The molecule has 0 spiro atoms. The number of aliphatic hydroxyl groups is 2. The Morgan fingerprint density at radius 2 is 1.50 bits per heavy atom. The minimum absolute atomic E-state index is 0.0189. The van der Waals surface area contributed by atoms with Crippen LogP contribution in [0.2, 0.25) is 0 Å². The fraction of sp³-hybridized carbons (Fsp3) is 0.800. The molecule has 0 saturated carbocycles. The van der Waals surface area contributed by atoms with E-state index >= 15 is 0 Å². The minimum atomic E-state index is -5.92. The summed E-state index contributed by atoms with van der Waals surface area (Å²) in [5, 5.41) is 26.6. The van der Waals surface area contributed by atoms with E-state index in [2.05, 4.69) is 71.2 Å². The van der Waals surface area contributed by atoms with Crippen molar-refractivity contribution in [1.29, 1.82) is 0 Å². The number of hydrogen-bond donors (Lipinski definition) is 5. The Morgan fingerprint density at radius 1 is 0.897 bits per heavy atom. The molecule has 1 saturated heterocycles. The number of amides is 2. The lowest BCUT2D eigenvalue weighted by Crippen LogP contribution is -2.46. The number of nitrogens with one attached hydrogen (secondary N) is 2. The number of hydrogen-bond acceptors (Lipinski definition) is 22. The number of phosphoric acid groups is 3. The second kappa shape index (κ2) is 27.4. The molecule has 390 valence electrons. The number of carbonyl (C=O) groups is 3. The molecule has 24 nitrogen and oxygen atoms in total. The van der Waals surface area contributed by atoms with Crippen LogP contribution in [0.5, 0.6) is 0 Å². The normalized spacial score (nSPS) is 21.5. The Kier molecular flexibility index (Phi) is 24.1. The van der Waals surface area contributed by atoms with E-state index in [4.69, 9.17) is 10.5 Å². The average molecular weight is 1040 g/mol. The van der Waals surface area contributed by atoms with E-state index in [0.29, 0.717) is 11.7 Å². The number of carbonyl (C=O) groups excluding carboxylic acids is 3. The van der Waals surface area contributed by atoms with Gasteiger partial charge in [-0.25, -0.2) is 19.3 Å². The van der Waals surface area contributed by atoms with Crippen molar-refractivity contribution in [2.75, 3.05) is 37.8 Å². The molecule has 10 atom stereocenters. The first kappa shape index (κ1) is 59.9. The van der Waals surface area contributed by atoms with Crippen molar-refractivity contribution >= 4 is 69.1 Å². The average Bonchev–Trinajstić information content (AvgIpc) is 3.80. The number of nitrogens with two attached hydrogens (primary N) is 1. The second-order valence-electron chi connectivity index (χ2n) is 18.4. The first-order valence-electron chi connectivity index (χ1n) is 22.6. The number of anilines is 1. The fourth-order valence-corrected chi connectivity index (χ4v) is 10.8. The standard InChI is InChI=1S/C40H72N7O17P3S/c1-25(2)11-8-12-26(3)13-9-14-27(4)15-10-16-28(5)39(52)68-20-19-42-30(48)17-18-43-37(51)34(50)40(6,7)22-61-67(58,59)64-66(56,57)60-21-29-33(63-65(53,54)55)32(49)38(62-29)47-24-46-31-35(41)44-23-45-36(31)47/h23-29,32-34,38,49-50H,8-22H2,1-7H3,(H,42,48)(H,43,51)(H,56,57)(H,58,59)(H2,41,44,45)(H2,53,54,55)/p-4/t26?,27?,28-,29+,32+,33+,34-,38+/m0/s1. The lowest BCUT2D eigenvalue weighted by Gasteiger charge is -2.36. The van der Waals surface area contributed by atoms with E-state index in [9.17, 15) is 57.9 Å². The summed E-state index contributed by atoms with van der Waals surface area (Å²) in [5.74, 6) is 0.872. The van der Waals surface area contributed by atoms with Gasteiger partial charge < -0.3 is 69.0 Å². The predicted octanol–water partition coefficient (Wildman–Crippen LogP) is 2.21. The van der Waals surface area contributed by atoms with Crippen LogP contribution in [0.25, 0.3) is 11.2 Å². The molecule has 3 rings (SSSR count). The molecule has 1 fully saturated rings. The van der Waals surface area contributed by atoms with E-state index in [1.807, 2.05) is 6.92 Å². The number of aliphatic hydroxyl groups excluding tert-OH is 2. The monoisotopic (exact) mass is 1040 g/mol. The van der Waals surface area contributed by atoms with Crippen LogP contribution in [0.4, 0.5) is 5.82 Å². The van der Waals surface area contributed by atoms with Gasteiger partial charge in [0.2, 0.25) is 11.8 Å². The van der Waals surface area contributed by atoms with Crippen LogP contribution in [-0.2, 0) is 50.7 Å². The Balaban J connectivity index is 1.34. The Hall–Kier alpha value is -2.44. The maximum Gasteiger partial charge on any atom is 0.274 e. The number of ether oxygens (including phenoxy) is 1. The summed E-state index contributed by atoms with van der Waals surface area (Å²) in [6, 6.07) is 0. The van der Waals surface area contributed by atoms with Gasteiger partial charge >= 0.3 is 0 Å². The van der Waals surface area contributed by atoms with Crippen molar-refractivity contribution in [1.82, 2.24) is 30.2 Å². The highest BCUT2D eigenvalue weighted by Gasteiger charge is 2.47. The van der Waals surface area contributed by atoms with E-state index < -0.39 is 84.6 Å². The van der Waals surface area contributed by atoms with Gasteiger partial charge in [0.05, 0.1) is 27.4 Å². The van der Waals surface area contributed by atoms with Crippen LogP contribution in [0.1, 0.15) is 119 Å². The first-order chi connectivity index (χ1) is 31.6. The molecule has 0 aromatic carbocycles. The lowest BCUT2D eigenvalue weighted by atomic mass is 9.87. The van der Waals surface area contributed by atoms with Crippen LogP contribution in [0, 0.1) is 29.1 Å². The molecule has 0 aliphatic carbocycles. The third kappa shape index (κ3) is 20.7. The van der Waals surface area contributed by atoms with Crippen molar-refractivity contribution < 1.29 is 80.5 Å². The zero-order valence-corrected chi connectivity index (χ0v) is 43.1. The van der Waals surface area contributed by atoms with Gasteiger partial charge in [-0.3, -0.25) is 28.1 Å². The topological polar surface area (TPSA) is 375 Å². The molecule has 2 amide bonds. The molecule has 4 unspecified atom stereocenters. The van der Waals surface area contributed by atoms with Gasteiger partial charge in [0.25, 0.3) is 15.6 Å². The van der Waals surface area contributed by atoms with Gasteiger partial charge in [0.1, 0.15) is 36.3 Å². The van der Waals surface area contributed by atoms with E-state index in [1.165, 1.54) is 52.4 Å². The van der Waals surface area contributed by atoms with Crippen LogP contribution in [-0.4, -0.2) is 103 Å². The number of fused-ring (bicyclic) bond motifs is 1. The third-order valence-corrected chi connectivity index (χ3v) is 15.4. The smallest absolute Gasteiger partial charge is 0.274 e. The van der Waals surface area contributed by atoms with Gasteiger partial charge in [0, 0.05) is 36.6 Å². The first-order valence-corrected chi connectivity index (χ1v) is 28.0. The van der Waals surface area contributed by atoms with Gasteiger partial charge in [-0.1, -0.05) is 112 Å². The van der Waals surface area contributed by atoms with Crippen molar-refractivity contribution in [3.8, 4) is 0 Å². The molecule has 0 radical (unpaired) electrons. The molecular weight excluding hydrogens is 975 g/mol. The third-order valence-electron chi connectivity index (χ3n) is 11.3. The maximum absolute atomic E-state index is 12.7. The van der Waals surface area contributed by atoms with Crippen LogP contribution in [0.3, 0.4) is 0 Å². The van der Waals surface area contributed by atoms with E-state index in [-0.39, 0.29) is 47.5 Å². The van der Waals surface area contributed by atoms with Gasteiger partial charge in [-0.2, -0.15) is 0 Å². The van der Waals surface area contributed by atoms with Crippen LogP contribution >= 0.6 is 35.2 Å². The van der Waals surface area contributed by atoms with Crippen molar-refractivity contribution in [3.05, 3.63) is 12.7 Å². The highest BCUT2D eigenvalue weighted by Crippen LogP contribution is 2.56. The zero-order valence-electron chi connectivity index (χ0n) is 39.6. The van der Waals surface area contributed by atoms with Gasteiger partial charge in [0.15, 0.2) is 22.8 Å². The summed E-state index contributed by atoms with van der Waals surface area (Å²) in [6.45, 7) is 11.2. The second-order valence-corrected chi connectivity index (χ2v) is 23.6. The summed E-state index contributed by atoms with van der Waals surface area (Å²) >= 11 is 1.15. The van der Waals surface area contributed by atoms with E-state index in [1.54, 1.807) is 0 Å². The molecule has 1 aliphatic rings. The SMILES string of the molecule is CC(C)CCCC(C)CCCC(C)CCC[C@H](C)C(=O)SCCNC(=O)CCNC(=O)[C@H](O)C(C)(C)COP(=O)([O-])OP(=O)([O-])OC[C@H]1O[C@@H](n2cnc3c(N)ncnc32)[C@H](O)[C@@H]1OP(=O)([O-])[O-]. The molecule has 6 N–H and O–H groups in total. The minimum Gasteiger partial charge on any atom is -0.790 e. The van der Waals surface area contributed by atoms with Crippen LogP contribution in [0.15, 0.2) is 12.7 Å². The summed E-state index contributed by atoms with van der Waals surface area (Å²) in [6.07, 6.45) is 2.85. The molecule has 28 heteroatoms. The predicted molar refractivity (Wildman–Crippen MR) is 242 cm³/mol. The molecular formula is C40H68N7O17P3S-4. The summed E-state index contributed by atoms with van der Waals surface area (Å²) < 4.78 is 60.9. The van der Waals surface area contributed by atoms with Crippen molar-refractivity contribution in [2.45, 2.75) is 143 Å². The maximum atomic E-state index is 12.7. The number of nitrogens with zero attached hydrogens (tertiary/aromatic N) is 4. The fourth-order valence-electron chi connectivity index (χ4n) is 7.27. The summed E-state index contributed by atoms with van der Waals surface area (Å²) in [7, 11) is -17.6. The Morgan fingerprint density at radius 3 is 2.12 bits per heavy atom. The Labute approximate surface area is 401 Å². The quantitative estimate of drug-likeness (QED) is 0.0518. The number of aromatic nitrogens is 4. The molecule has 68 heavy (non-hydrogen) atoms. The van der Waals surface area contributed by atoms with Gasteiger partial charge in [-0.15, -0.1) is 0 Å². The number of phosphoric ester groups is 3.